The van der Waals surface area contributed by atoms with Crippen LogP contribution < -0.4 is 0 Å². The monoisotopic (exact) mass is 192 g/mol. The van der Waals surface area contributed by atoms with Gasteiger partial charge in [0.25, 0.3) is 0 Å². The fourth-order valence-electron chi connectivity index (χ4n) is 1.44. The lowest BCUT2D eigenvalue weighted by Gasteiger charge is -2.17. The van der Waals surface area contributed by atoms with Crippen LogP contribution in [0.1, 0.15) is 26.7 Å². The van der Waals surface area contributed by atoms with Crippen molar-refractivity contribution in [3.05, 3.63) is 0 Å². The highest BCUT2D eigenvalue weighted by atomic mass is 35.5. The number of alkyl halides is 1. The zero-order valence-electron chi connectivity index (χ0n) is 7.75. The third-order valence-electron chi connectivity index (χ3n) is 2.15. The van der Waals surface area contributed by atoms with Gasteiger partial charge in [0.2, 0.25) is 0 Å². The zero-order chi connectivity index (χ0) is 8.97. The molecule has 3 atom stereocenters. The van der Waals surface area contributed by atoms with Gasteiger partial charge in [0, 0.05) is 5.92 Å². The summed E-state index contributed by atoms with van der Waals surface area (Å²) in [4.78, 5) is 0. The van der Waals surface area contributed by atoms with Crippen LogP contribution in [0.2, 0.25) is 0 Å². The maximum absolute atomic E-state index is 5.65. The number of hydrogen-bond donors (Lipinski definition) is 0. The summed E-state index contributed by atoms with van der Waals surface area (Å²) in [7, 11) is 0. The zero-order valence-corrected chi connectivity index (χ0v) is 8.51. The summed E-state index contributed by atoms with van der Waals surface area (Å²) in [6.45, 7) is 4.98. The first-order chi connectivity index (χ1) is 5.77. The Bertz CT molecular complexity index is 130. The number of hydrogen-bond acceptors (Lipinski definition) is 2. The average molecular weight is 193 g/mol. The van der Waals surface area contributed by atoms with Crippen molar-refractivity contribution in [1.82, 2.24) is 0 Å². The minimum Gasteiger partial charge on any atom is -0.350 e. The van der Waals surface area contributed by atoms with Crippen LogP contribution in [0.5, 0.6) is 0 Å². The second kappa shape index (κ2) is 5.05. The minimum absolute atomic E-state index is 0.0197. The van der Waals surface area contributed by atoms with Gasteiger partial charge in [0.15, 0.2) is 6.29 Å². The lowest BCUT2D eigenvalue weighted by atomic mass is 10.1. The molecular formula is C9H17ClO2. The highest BCUT2D eigenvalue weighted by Gasteiger charge is 2.28. The smallest absolute Gasteiger partial charge is 0.160 e. The molecule has 0 bridgehead atoms. The van der Waals surface area contributed by atoms with Crippen molar-refractivity contribution < 1.29 is 9.47 Å². The molecule has 0 N–H and O–H groups in total. The normalized spacial score (nSPS) is 32.2. The van der Waals surface area contributed by atoms with E-state index >= 15 is 0 Å². The standard InChI is InChI=1S/C9H17ClO2/c1-3-4-7(2)9-11-6-8(5-10)12-9/h7-9H,3-6H2,1-2H3. The number of halogens is 1. The molecule has 1 fully saturated rings. The van der Waals surface area contributed by atoms with E-state index in [-0.39, 0.29) is 12.4 Å². The SMILES string of the molecule is CCCC(C)C1OCC(CCl)O1. The van der Waals surface area contributed by atoms with Crippen LogP contribution >= 0.6 is 11.6 Å². The van der Waals surface area contributed by atoms with E-state index in [1.54, 1.807) is 0 Å². The molecular weight excluding hydrogens is 176 g/mol. The summed E-state index contributed by atoms with van der Waals surface area (Å²) in [5, 5.41) is 0. The molecule has 3 unspecified atom stereocenters. The van der Waals surface area contributed by atoms with Crippen LogP contribution in [-0.2, 0) is 9.47 Å². The van der Waals surface area contributed by atoms with E-state index in [0.29, 0.717) is 18.4 Å². The van der Waals surface area contributed by atoms with Crippen LogP contribution in [0.4, 0.5) is 0 Å². The van der Waals surface area contributed by atoms with Crippen LogP contribution in [-0.4, -0.2) is 24.9 Å². The highest BCUT2D eigenvalue weighted by Crippen LogP contribution is 2.22. The Morgan fingerprint density at radius 2 is 2.33 bits per heavy atom. The first-order valence-electron chi connectivity index (χ1n) is 4.61. The first kappa shape index (κ1) is 10.3. The Hall–Kier alpha value is 0.210. The van der Waals surface area contributed by atoms with E-state index in [9.17, 15) is 0 Å². The maximum atomic E-state index is 5.65. The van der Waals surface area contributed by atoms with Gasteiger partial charge in [-0.15, -0.1) is 11.6 Å². The van der Waals surface area contributed by atoms with E-state index in [1.807, 2.05) is 0 Å². The number of rotatable bonds is 4. The summed E-state index contributed by atoms with van der Waals surface area (Å²) in [5.74, 6) is 1.03. The minimum atomic E-state index is -0.0197. The molecule has 0 spiro atoms. The van der Waals surface area contributed by atoms with Gasteiger partial charge in [-0.25, -0.2) is 0 Å². The van der Waals surface area contributed by atoms with Gasteiger partial charge in [-0.2, -0.15) is 0 Å². The summed E-state index contributed by atoms with van der Waals surface area (Å²) >= 11 is 5.65. The quantitative estimate of drug-likeness (QED) is 0.637. The first-order valence-corrected chi connectivity index (χ1v) is 5.14. The Labute approximate surface area is 79.2 Å². The lowest BCUT2D eigenvalue weighted by Crippen LogP contribution is -2.20. The van der Waals surface area contributed by atoms with Gasteiger partial charge in [-0.05, 0) is 6.42 Å². The third kappa shape index (κ3) is 2.61. The molecule has 1 heterocycles. The van der Waals surface area contributed by atoms with E-state index in [1.165, 1.54) is 6.42 Å². The van der Waals surface area contributed by atoms with Crippen LogP contribution in [0.15, 0.2) is 0 Å². The topological polar surface area (TPSA) is 18.5 Å². The molecule has 0 amide bonds. The Morgan fingerprint density at radius 3 is 2.83 bits per heavy atom. The second-order valence-corrected chi connectivity index (χ2v) is 3.69. The molecule has 0 radical (unpaired) electrons. The van der Waals surface area contributed by atoms with Gasteiger partial charge >= 0.3 is 0 Å². The molecule has 2 nitrogen and oxygen atoms in total. The molecule has 0 aromatic heterocycles. The Morgan fingerprint density at radius 1 is 1.58 bits per heavy atom. The van der Waals surface area contributed by atoms with Crippen LogP contribution in [0.3, 0.4) is 0 Å². The van der Waals surface area contributed by atoms with Crippen molar-refractivity contribution in [3.8, 4) is 0 Å². The van der Waals surface area contributed by atoms with E-state index < -0.39 is 0 Å². The van der Waals surface area contributed by atoms with E-state index in [4.69, 9.17) is 21.1 Å². The molecule has 1 aliphatic rings. The number of ether oxygens (including phenoxy) is 2. The van der Waals surface area contributed by atoms with Gasteiger partial charge in [-0.1, -0.05) is 20.3 Å². The fourth-order valence-corrected chi connectivity index (χ4v) is 1.60. The lowest BCUT2D eigenvalue weighted by molar-refractivity contribution is -0.0908. The highest BCUT2D eigenvalue weighted by molar-refractivity contribution is 6.18. The summed E-state index contributed by atoms with van der Waals surface area (Å²) in [6, 6.07) is 0. The van der Waals surface area contributed by atoms with Crippen LogP contribution in [0, 0.1) is 5.92 Å². The molecule has 0 aromatic carbocycles. The fraction of sp³-hybridized carbons (Fsp3) is 1.00. The van der Waals surface area contributed by atoms with Gasteiger partial charge in [0.1, 0.15) is 0 Å². The van der Waals surface area contributed by atoms with Crippen molar-refractivity contribution in [3.63, 3.8) is 0 Å². The van der Waals surface area contributed by atoms with Gasteiger partial charge in [-0.3, -0.25) is 0 Å². The van der Waals surface area contributed by atoms with E-state index in [0.717, 1.165) is 6.42 Å². The molecule has 72 valence electrons. The molecule has 1 aliphatic heterocycles. The predicted octanol–water partition coefficient (Wildman–Crippen LogP) is 2.40. The second-order valence-electron chi connectivity index (χ2n) is 3.38. The molecule has 0 aliphatic carbocycles. The molecule has 0 aromatic rings. The molecule has 1 saturated heterocycles. The largest absolute Gasteiger partial charge is 0.350 e. The van der Waals surface area contributed by atoms with Crippen LogP contribution in [0.25, 0.3) is 0 Å². The average Bonchev–Trinajstić information content (AvgIpc) is 2.52. The maximum Gasteiger partial charge on any atom is 0.160 e. The van der Waals surface area contributed by atoms with E-state index in [2.05, 4.69) is 13.8 Å². The summed E-state index contributed by atoms with van der Waals surface area (Å²) < 4.78 is 11.0. The molecule has 3 heteroatoms. The Kier molecular flexibility index (Phi) is 4.33. The van der Waals surface area contributed by atoms with Crippen molar-refractivity contribution in [1.29, 1.82) is 0 Å². The summed E-state index contributed by atoms with van der Waals surface area (Å²) in [6.07, 6.45) is 2.42. The van der Waals surface area contributed by atoms with Crippen molar-refractivity contribution >= 4 is 11.6 Å². The summed E-state index contributed by atoms with van der Waals surface area (Å²) in [5.41, 5.74) is 0. The predicted molar refractivity (Wildman–Crippen MR) is 49.4 cm³/mol. The van der Waals surface area contributed by atoms with Crippen molar-refractivity contribution in [2.45, 2.75) is 39.1 Å². The Balaban J connectivity index is 2.25. The van der Waals surface area contributed by atoms with Crippen molar-refractivity contribution in [2.75, 3.05) is 12.5 Å². The molecule has 0 saturated carbocycles. The van der Waals surface area contributed by atoms with Gasteiger partial charge < -0.3 is 9.47 Å². The van der Waals surface area contributed by atoms with Crippen molar-refractivity contribution in [2.24, 2.45) is 5.92 Å². The molecule has 12 heavy (non-hydrogen) atoms. The molecule has 1 rings (SSSR count). The third-order valence-corrected chi connectivity index (χ3v) is 2.50. The van der Waals surface area contributed by atoms with Gasteiger partial charge in [0.05, 0.1) is 18.6 Å².